The van der Waals surface area contributed by atoms with Gasteiger partial charge in [-0.1, -0.05) is 6.42 Å². The number of nitrogens with one attached hydrogen (secondary N) is 2. The van der Waals surface area contributed by atoms with Crippen molar-refractivity contribution in [3.8, 4) is 0 Å². The summed E-state index contributed by atoms with van der Waals surface area (Å²) < 4.78 is 4.51. The number of unbranched alkanes of at least 4 members (excludes halogenated alkanes) is 1. The standard InChI is InChI=1S/C10H16N2O3S.C3H11N2O3P/c13-8(14)4-2-1-3-7-9-6(5-16-7)11-10(15)12-9;4-3(1-6)2-8-9(5)7/h6-7,9H,1-5H2,(H,13,14)(H2,11,12,15);3,6-7H,1-2,4-5H2/t6-,7-,9-;/m0./s1. The molecule has 146 valence electrons. The number of carboxylic acid groups (broad SMARTS) is 1. The van der Waals surface area contributed by atoms with Crippen LogP contribution in [-0.4, -0.2) is 69.4 Å². The van der Waals surface area contributed by atoms with Crippen LogP contribution in [0.15, 0.2) is 0 Å². The Kier molecular flexibility index (Phi) is 10.6. The van der Waals surface area contributed by atoms with Gasteiger partial charge in [0.1, 0.15) is 0 Å². The molecule has 2 fully saturated rings. The minimum absolute atomic E-state index is 0.0640. The van der Waals surface area contributed by atoms with E-state index in [1.807, 2.05) is 11.8 Å². The van der Waals surface area contributed by atoms with Crippen molar-refractivity contribution in [1.29, 1.82) is 0 Å². The number of carboxylic acids is 1. The van der Waals surface area contributed by atoms with Crippen molar-refractivity contribution in [2.24, 2.45) is 11.2 Å². The number of rotatable bonds is 9. The van der Waals surface area contributed by atoms with Crippen molar-refractivity contribution in [3.63, 3.8) is 0 Å². The van der Waals surface area contributed by atoms with Crippen LogP contribution in [-0.2, 0) is 9.32 Å². The zero-order valence-electron chi connectivity index (χ0n) is 13.8. The van der Waals surface area contributed by atoms with Crippen molar-refractivity contribution >= 4 is 32.3 Å². The Hall–Kier alpha value is -0.680. The predicted molar refractivity (Wildman–Crippen MR) is 95.9 cm³/mol. The lowest BCUT2D eigenvalue weighted by Crippen LogP contribution is -2.36. The van der Waals surface area contributed by atoms with E-state index in [9.17, 15) is 9.59 Å². The van der Waals surface area contributed by atoms with Gasteiger partial charge in [-0.25, -0.2) is 4.79 Å². The van der Waals surface area contributed by atoms with Gasteiger partial charge in [0.15, 0.2) is 0 Å². The summed E-state index contributed by atoms with van der Waals surface area (Å²) >= 11 is 1.87. The highest BCUT2D eigenvalue weighted by Gasteiger charge is 2.42. The number of nitrogens with two attached hydrogens (primary N) is 2. The van der Waals surface area contributed by atoms with E-state index < -0.39 is 20.5 Å². The van der Waals surface area contributed by atoms with E-state index in [-0.39, 0.29) is 37.7 Å². The van der Waals surface area contributed by atoms with E-state index in [1.165, 1.54) is 0 Å². The van der Waals surface area contributed by atoms with E-state index in [1.54, 1.807) is 0 Å². The number of amides is 2. The van der Waals surface area contributed by atoms with Gasteiger partial charge in [0.2, 0.25) is 8.53 Å². The first-order valence-corrected chi connectivity index (χ1v) is 10.3. The highest BCUT2D eigenvalue weighted by molar-refractivity contribution is 8.00. The fourth-order valence-electron chi connectivity index (χ4n) is 2.49. The Morgan fingerprint density at radius 2 is 2.16 bits per heavy atom. The minimum Gasteiger partial charge on any atom is -0.481 e. The monoisotopic (exact) mass is 398 g/mol. The summed E-state index contributed by atoms with van der Waals surface area (Å²) in [6, 6.07) is -0.0131. The molecule has 0 aliphatic carbocycles. The van der Waals surface area contributed by atoms with Crippen molar-refractivity contribution in [2.45, 2.75) is 49.1 Å². The summed E-state index contributed by atoms with van der Waals surface area (Å²) in [5.41, 5.74) is 10.0. The maximum atomic E-state index is 11.1. The van der Waals surface area contributed by atoms with Crippen LogP contribution in [0.25, 0.3) is 0 Å². The Morgan fingerprint density at radius 1 is 1.44 bits per heavy atom. The number of carbonyl (C=O) groups is 2. The number of hydrogen-bond acceptors (Lipinski definition) is 8. The van der Waals surface area contributed by atoms with Crippen LogP contribution in [0.1, 0.15) is 25.7 Å². The zero-order chi connectivity index (χ0) is 18.8. The third-order valence-electron chi connectivity index (χ3n) is 3.72. The van der Waals surface area contributed by atoms with E-state index in [0.29, 0.717) is 5.25 Å². The lowest BCUT2D eigenvalue weighted by Gasteiger charge is -2.16. The Bertz CT molecular complexity index is 433. The second-order valence-electron chi connectivity index (χ2n) is 5.80. The third kappa shape index (κ3) is 9.00. The van der Waals surface area contributed by atoms with Crippen LogP contribution >= 0.6 is 20.3 Å². The van der Waals surface area contributed by atoms with Crippen molar-refractivity contribution < 1.29 is 29.2 Å². The molecule has 0 saturated carbocycles. The van der Waals surface area contributed by atoms with Gasteiger partial charge in [0.05, 0.1) is 31.3 Å². The quantitative estimate of drug-likeness (QED) is 0.150. The number of aliphatic carboxylic acids is 1. The van der Waals surface area contributed by atoms with Gasteiger partial charge in [-0.05, 0) is 12.8 Å². The highest BCUT2D eigenvalue weighted by atomic mass is 32.2. The van der Waals surface area contributed by atoms with Crippen LogP contribution in [0.2, 0.25) is 0 Å². The van der Waals surface area contributed by atoms with Gasteiger partial charge in [-0.3, -0.25) is 10.3 Å². The van der Waals surface area contributed by atoms with Crippen molar-refractivity contribution in [3.05, 3.63) is 0 Å². The number of carbonyl (C=O) groups excluding carboxylic acids is 1. The molecule has 0 aromatic rings. The molecule has 0 radical (unpaired) electrons. The molecular weight excluding hydrogens is 371 g/mol. The number of hydrogen-bond donors (Lipinski definition) is 7. The summed E-state index contributed by atoms with van der Waals surface area (Å²) in [4.78, 5) is 29.8. The molecule has 9 N–H and O–H groups in total. The van der Waals surface area contributed by atoms with Gasteiger partial charge >= 0.3 is 12.0 Å². The van der Waals surface area contributed by atoms with Crippen LogP contribution < -0.4 is 21.9 Å². The highest BCUT2D eigenvalue weighted by Crippen LogP contribution is 2.33. The molecule has 2 unspecified atom stereocenters. The number of fused-ring (bicyclic) bond motifs is 1. The zero-order valence-corrected chi connectivity index (χ0v) is 15.5. The molecule has 0 spiro atoms. The van der Waals surface area contributed by atoms with Crippen LogP contribution in [0.3, 0.4) is 0 Å². The van der Waals surface area contributed by atoms with Gasteiger partial charge in [0.25, 0.3) is 0 Å². The van der Waals surface area contributed by atoms with E-state index in [2.05, 4.69) is 15.2 Å². The molecule has 5 atom stereocenters. The van der Waals surface area contributed by atoms with Crippen LogP contribution in [0, 0.1) is 0 Å². The molecule has 25 heavy (non-hydrogen) atoms. The molecule has 2 saturated heterocycles. The molecule has 0 aromatic heterocycles. The number of aliphatic hydroxyl groups excluding tert-OH is 1. The predicted octanol–water partition coefficient (Wildman–Crippen LogP) is -0.703. The van der Waals surface area contributed by atoms with E-state index in [4.69, 9.17) is 26.3 Å². The van der Waals surface area contributed by atoms with Crippen LogP contribution in [0.4, 0.5) is 4.79 Å². The Balaban J connectivity index is 0.000000299. The molecule has 12 heteroatoms. The topological polar surface area (TPSA) is 180 Å². The average Bonchev–Trinajstić information content (AvgIpc) is 3.09. The largest absolute Gasteiger partial charge is 0.481 e. The fourth-order valence-corrected chi connectivity index (χ4v) is 4.38. The second-order valence-corrected chi connectivity index (χ2v) is 7.94. The first-order valence-electron chi connectivity index (χ1n) is 7.97. The smallest absolute Gasteiger partial charge is 0.315 e. The summed E-state index contributed by atoms with van der Waals surface area (Å²) in [7, 11) is -1.83. The summed E-state index contributed by atoms with van der Waals surface area (Å²) in [6.45, 7) is -0.0711. The Morgan fingerprint density at radius 3 is 2.76 bits per heavy atom. The molecule has 2 heterocycles. The summed E-state index contributed by atoms with van der Waals surface area (Å²) in [6.07, 6.45) is 2.88. The van der Waals surface area contributed by atoms with Crippen molar-refractivity contribution in [1.82, 2.24) is 10.6 Å². The normalized spacial score (nSPS) is 26.7. The van der Waals surface area contributed by atoms with Crippen molar-refractivity contribution in [2.75, 3.05) is 19.0 Å². The first-order chi connectivity index (χ1) is 11.8. The lowest BCUT2D eigenvalue weighted by atomic mass is 10.0. The molecule has 10 nitrogen and oxygen atoms in total. The minimum atomic E-state index is -1.83. The average molecular weight is 398 g/mol. The maximum absolute atomic E-state index is 11.1. The number of aliphatic hydroxyl groups is 1. The molecule has 0 aromatic carbocycles. The maximum Gasteiger partial charge on any atom is 0.315 e. The Labute approximate surface area is 152 Å². The third-order valence-corrected chi connectivity index (χ3v) is 5.65. The molecule has 2 aliphatic rings. The molecule has 2 amide bonds. The molecule has 2 rings (SSSR count). The fraction of sp³-hybridized carbons (Fsp3) is 0.846. The first kappa shape index (κ1) is 22.4. The van der Waals surface area contributed by atoms with Gasteiger partial charge < -0.3 is 36.0 Å². The molecule has 0 bridgehead atoms. The molecule has 2 aliphatic heterocycles. The summed E-state index contributed by atoms with van der Waals surface area (Å²) in [5.74, 6) is 0.236. The SMILES string of the molecule is NC(CO)COP(N)O.O=C(O)CCCC[C@@H]1SC[C@@H]2NC(=O)N[C@@H]21. The van der Waals surface area contributed by atoms with Gasteiger partial charge in [-0.2, -0.15) is 11.8 Å². The van der Waals surface area contributed by atoms with Crippen LogP contribution in [0.5, 0.6) is 0 Å². The second kappa shape index (κ2) is 11.8. The van der Waals surface area contributed by atoms with E-state index in [0.717, 1.165) is 25.0 Å². The summed E-state index contributed by atoms with van der Waals surface area (Å²) in [5, 5.41) is 23.1. The number of urea groups is 1. The number of thioether (sulfide) groups is 1. The van der Waals surface area contributed by atoms with Gasteiger partial charge in [-0.15, -0.1) is 0 Å². The van der Waals surface area contributed by atoms with Gasteiger partial charge in [0, 0.05) is 17.4 Å². The lowest BCUT2D eigenvalue weighted by molar-refractivity contribution is -0.137. The van der Waals surface area contributed by atoms with E-state index >= 15 is 0 Å². The molecular formula is C13H27N4O6PS.